The van der Waals surface area contributed by atoms with Crippen LogP contribution in [-0.4, -0.2) is 58.0 Å². The molecule has 1 saturated carbocycles. The fourth-order valence-electron chi connectivity index (χ4n) is 4.08. The van der Waals surface area contributed by atoms with Gasteiger partial charge in [-0.2, -0.15) is 13.2 Å². The predicted octanol–water partition coefficient (Wildman–Crippen LogP) is 4.73. The highest BCUT2D eigenvalue weighted by Crippen LogP contribution is 2.35. The number of pyridine rings is 1. The van der Waals surface area contributed by atoms with Crippen LogP contribution in [0.5, 0.6) is 0 Å². The fourth-order valence-corrected chi connectivity index (χ4v) is 5.37. The zero-order chi connectivity index (χ0) is 22.7. The summed E-state index contributed by atoms with van der Waals surface area (Å²) in [5.41, 5.74) is 0.0133. The van der Waals surface area contributed by atoms with E-state index < -0.39 is 11.7 Å². The van der Waals surface area contributed by atoms with Gasteiger partial charge in [-0.1, -0.05) is 12.8 Å². The van der Waals surface area contributed by atoms with Crippen molar-refractivity contribution < 1.29 is 22.8 Å². The number of hydrogen-bond acceptors (Lipinski definition) is 4. The molecule has 32 heavy (non-hydrogen) atoms. The molecule has 1 aromatic heterocycles. The Bertz CT molecular complexity index is 967. The van der Waals surface area contributed by atoms with Gasteiger partial charge in [0.25, 0.3) is 11.8 Å². The highest BCUT2D eigenvalue weighted by atomic mass is 32.2. The zero-order valence-electron chi connectivity index (χ0n) is 17.5. The van der Waals surface area contributed by atoms with E-state index in [0.717, 1.165) is 30.0 Å². The Morgan fingerprint density at radius 3 is 2.09 bits per heavy atom. The van der Waals surface area contributed by atoms with Gasteiger partial charge >= 0.3 is 6.18 Å². The van der Waals surface area contributed by atoms with Gasteiger partial charge < -0.3 is 9.80 Å². The average molecular weight is 464 g/mol. The molecule has 1 aliphatic carbocycles. The number of hydrogen-bond donors (Lipinski definition) is 0. The Balaban J connectivity index is 1.37. The zero-order valence-corrected chi connectivity index (χ0v) is 18.3. The van der Waals surface area contributed by atoms with Gasteiger partial charge in [0.05, 0.1) is 11.1 Å². The molecule has 2 fully saturated rings. The van der Waals surface area contributed by atoms with E-state index in [9.17, 15) is 22.8 Å². The van der Waals surface area contributed by atoms with Crippen LogP contribution in [0.25, 0.3) is 0 Å². The molecule has 1 aliphatic heterocycles. The molecule has 1 aromatic carbocycles. The third-order valence-electron chi connectivity index (χ3n) is 5.90. The minimum absolute atomic E-state index is 0.0970. The Labute approximate surface area is 189 Å². The van der Waals surface area contributed by atoms with E-state index in [1.54, 1.807) is 39.9 Å². The predicted molar refractivity (Wildman–Crippen MR) is 116 cm³/mol. The number of rotatable bonds is 4. The average Bonchev–Trinajstić information content (AvgIpc) is 3.31. The first-order valence-corrected chi connectivity index (χ1v) is 11.6. The van der Waals surface area contributed by atoms with Crippen molar-refractivity contribution in [1.82, 2.24) is 14.8 Å². The summed E-state index contributed by atoms with van der Waals surface area (Å²) in [5.74, 6) is -0.426. The molecule has 2 heterocycles. The number of piperazine rings is 1. The molecule has 0 spiro atoms. The van der Waals surface area contributed by atoms with Crippen LogP contribution in [0.4, 0.5) is 13.2 Å². The van der Waals surface area contributed by atoms with Crippen molar-refractivity contribution in [2.45, 2.75) is 42.1 Å². The quantitative estimate of drug-likeness (QED) is 0.658. The van der Waals surface area contributed by atoms with Gasteiger partial charge in [-0.05, 0) is 49.2 Å². The van der Waals surface area contributed by atoms with Crippen LogP contribution < -0.4 is 0 Å². The summed E-state index contributed by atoms with van der Waals surface area (Å²) in [6.45, 7) is 1.40. The molecule has 2 aromatic rings. The lowest BCUT2D eigenvalue weighted by atomic mass is 10.1. The lowest BCUT2D eigenvalue weighted by molar-refractivity contribution is -0.137. The molecule has 0 bridgehead atoms. The largest absolute Gasteiger partial charge is 0.416 e. The van der Waals surface area contributed by atoms with E-state index in [0.29, 0.717) is 37.0 Å². The summed E-state index contributed by atoms with van der Waals surface area (Å²) in [6.07, 6.45) is 1.97. The SMILES string of the molecule is O=C(c1ccc(C(F)(F)F)cc1)N1CCN(C(=O)c2cccnc2SC2CCCC2)CC1. The maximum atomic E-state index is 13.1. The van der Waals surface area contributed by atoms with E-state index in [1.165, 1.54) is 25.0 Å². The van der Waals surface area contributed by atoms with Crippen molar-refractivity contribution in [1.29, 1.82) is 0 Å². The number of thioether (sulfide) groups is 1. The standard InChI is InChI=1S/C23H24F3N3O2S/c24-23(25,26)17-9-7-16(8-10-17)21(30)28-12-14-29(15-13-28)22(31)19-6-3-11-27-20(19)32-18-4-1-2-5-18/h3,6-11,18H,1-2,4-5,12-15H2. The van der Waals surface area contributed by atoms with Crippen molar-refractivity contribution >= 4 is 23.6 Å². The number of alkyl halides is 3. The summed E-state index contributed by atoms with van der Waals surface area (Å²) in [4.78, 5) is 33.5. The monoisotopic (exact) mass is 463 g/mol. The van der Waals surface area contributed by atoms with Gasteiger partial charge in [-0.25, -0.2) is 4.98 Å². The van der Waals surface area contributed by atoms with Crippen molar-refractivity contribution in [2.75, 3.05) is 26.2 Å². The molecule has 1 saturated heterocycles. The molecule has 9 heteroatoms. The number of aromatic nitrogens is 1. The second kappa shape index (κ2) is 9.52. The molecule has 0 atom stereocenters. The van der Waals surface area contributed by atoms with Gasteiger partial charge in [-0.3, -0.25) is 9.59 Å². The number of halogens is 3. The maximum Gasteiger partial charge on any atom is 0.416 e. The first-order valence-electron chi connectivity index (χ1n) is 10.7. The minimum atomic E-state index is -4.44. The Morgan fingerprint density at radius 2 is 1.50 bits per heavy atom. The highest BCUT2D eigenvalue weighted by molar-refractivity contribution is 7.99. The van der Waals surface area contributed by atoms with Crippen molar-refractivity contribution in [2.24, 2.45) is 0 Å². The molecule has 5 nitrogen and oxygen atoms in total. The molecule has 0 radical (unpaired) electrons. The van der Waals surface area contributed by atoms with Crippen LogP contribution in [-0.2, 0) is 6.18 Å². The number of carbonyl (C=O) groups is 2. The van der Waals surface area contributed by atoms with E-state index >= 15 is 0 Å². The molecular weight excluding hydrogens is 439 g/mol. The Morgan fingerprint density at radius 1 is 0.906 bits per heavy atom. The maximum absolute atomic E-state index is 13.1. The van der Waals surface area contributed by atoms with Crippen molar-refractivity contribution in [3.8, 4) is 0 Å². The summed E-state index contributed by atoms with van der Waals surface area (Å²) >= 11 is 1.67. The molecule has 170 valence electrons. The van der Waals surface area contributed by atoms with Gasteiger partial charge in [0.2, 0.25) is 0 Å². The third-order valence-corrected chi connectivity index (χ3v) is 7.25. The number of nitrogens with zero attached hydrogens (tertiary/aromatic N) is 3. The number of benzene rings is 1. The number of carbonyl (C=O) groups excluding carboxylic acids is 2. The summed E-state index contributed by atoms with van der Waals surface area (Å²) in [7, 11) is 0. The third kappa shape index (κ3) is 5.09. The minimum Gasteiger partial charge on any atom is -0.335 e. The van der Waals surface area contributed by atoms with Crippen LogP contribution >= 0.6 is 11.8 Å². The first-order chi connectivity index (χ1) is 15.3. The van der Waals surface area contributed by atoms with E-state index in [4.69, 9.17) is 0 Å². The van der Waals surface area contributed by atoms with Crippen LogP contribution in [0.3, 0.4) is 0 Å². The summed E-state index contributed by atoms with van der Waals surface area (Å²) in [6, 6.07) is 7.79. The lowest BCUT2D eigenvalue weighted by Gasteiger charge is -2.35. The van der Waals surface area contributed by atoms with Crippen LogP contribution in [0.15, 0.2) is 47.6 Å². The van der Waals surface area contributed by atoms with E-state index in [2.05, 4.69) is 4.98 Å². The van der Waals surface area contributed by atoms with Crippen LogP contribution in [0, 0.1) is 0 Å². The smallest absolute Gasteiger partial charge is 0.335 e. The van der Waals surface area contributed by atoms with Crippen molar-refractivity contribution in [3.05, 3.63) is 59.3 Å². The molecule has 2 amide bonds. The van der Waals surface area contributed by atoms with E-state index in [-0.39, 0.29) is 17.4 Å². The molecule has 0 N–H and O–H groups in total. The fraction of sp³-hybridized carbons (Fsp3) is 0.435. The second-order valence-electron chi connectivity index (χ2n) is 8.04. The lowest BCUT2D eigenvalue weighted by Crippen LogP contribution is -2.50. The number of amides is 2. The molecule has 4 rings (SSSR count). The van der Waals surface area contributed by atoms with Crippen LogP contribution in [0.1, 0.15) is 52.0 Å². The molecular formula is C23H24F3N3O2S. The first kappa shape index (κ1) is 22.6. The van der Waals surface area contributed by atoms with Crippen molar-refractivity contribution in [3.63, 3.8) is 0 Å². The Hall–Kier alpha value is -2.55. The van der Waals surface area contributed by atoms with Gasteiger partial charge in [0.1, 0.15) is 5.03 Å². The summed E-state index contributed by atoms with van der Waals surface area (Å²) in [5, 5.41) is 1.25. The van der Waals surface area contributed by atoms with E-state index in [1.807, 2.05) is 0 Å². The van der Waals surface area contributed by atoms with Gasteiger partial charge in [-0.15, -0.1) is 11.8 Å². The van der Waals surface area contributed by atoms with Gasteiger partial charge in [0.15, 0.2) is 0 Å². The molecule has 2 aliphatic rings. The molecule has 0 unspecified atom stereocenters. The second-order valence-corrected chi connectivity index (χ2v) is 9.33. The van der Waals surface area contributed by atoms with Gasteiger partial charge in [0, 0.05) is 43.2 Å². The Kier molecular flexibility index (Phi) is 6.74. The van der Waals surface area contributed by atoms with Crippen LogP contribution in [0.2, 0.25) is 0 Å². The topological polar surface area (TPSA) is 53.5 Å². The normalized spacial score (nSPS) is 17.6. The highest BCUT2D eigenvalue weighted by Gasteiger charge is 2.31. The summed E-state index contributed by atoms with van der Waals surface area (Å²) < 4.78 is 38.2.